The van der Waals surface area contributed by atoms with Gasteiger partial charge in [0.2, 0.25) is 0 Å². The second-order valence-corrected chi connectivity index (χ2v) is 3.70. The van der Waals surface area contributed by atoms with E-state index in [4.69, 9.17) is 12.2 Å². The van der Waals surface area contributed by atoms with Crippen molar-refractivity contribution < 1.29 is 0 Å². The Morgan fingerprint density at radius 1 is 1.40 bits per heavy atom. The molecule has 0 aliphatic carbocycles. The monoisotopic (exact) mass is 226 g/mol. The summed E-state index contributed by atoms with van der Waals surface area (Å²) in [5.74, 6) is 0. The van der Waals surface area contributed by atoms with E-state index in [-0.39, 0.29) is 0 Å². The van der Waals surface area contributed by atoms with Crippen molar-refractivity contribution in [1.82, 2.24) is 20.2 Å². The van der Waals surface area contributed by atoms with Gasteiger partial charge in [0.25, 0.3) is 0 Å². The molecule has 0 bridgehead atoms. The van der Waals surface area contributed by atoms with E-state index in [0.29, 0.717) is 0 Å². The van der Waals surface area contributed by atoms with Crippen LogP contribution in [-0.2, 0) is 6.54 Å². The van der Waals surface area contributed by atoms with Gasteiger partial charge in [-0.25, -0.2) is 4.98 Å². The number of aromatic nitrogens is 2. The minimum absolute atomic E-state index is 0.750. The first-order valence-electron chi connectivity index (χ1n) is 5.30. The summed E-state index contributed by atoms with van der Waals surface area (Å²) in [7, 11) is 0. The molecule has 1 heterocycles. The predicted octanol–water partition coefficient (Wildman–Crippen LogP) is 1.15. The van der Waals surface area contributed by atoms with Crippen LogP contribution in [0.5, 0.6) is 0 Å². The molecule has 0 saturated heterocycles. The fourth-order valence-corrected chi connectivity index (χ4v) is 1.51. The molecule has 0 aliphatic heterocycles. The fraction of sp³-hybridized carbons (Fsp3) is 0.600. The zero-order valence-electron chi connectivity index (χ0n) is 9.07. The van der Waals surface area contributed by atoms with Crippen LogP contribution in [0.3, 0.4) is 0 Å². The molecule has 84 valence electrons. The zero-order chi connectivity index (χ0) is 10.9. The Balaban J connectivity index is 1.95. The molecule has 1 aromatic heterocycles. The van der Waals surface area contributed by atoms with Gasteiger partial charge in [-0.05, 0) is 32.0 Å². The van der Waals surface area contributed by atoms with Gasteiger partial charge in [-0.15, -0.1) is 0 Å². The minimum atomic E-state index is 0.750. The maximum atomic E-state index is 5.05. The topological polar surface area (TPSA) is 41.9 Å². The molecule has 0 fully saturated rings. The molecule has 4 nitrogen and oxygen atoms in total. The van der Waals surface area contributed by atoms with E-state index >= 15 is 0 Å². The molecule has 0 aliphatic rings. The number of thiocarbonyl (C=S) groups is 1. The minimum Gasteiger partial charge on any atom is -0.363 e. The molecule has 0 amide bonds. The smallest absolute Gasteiger partial charge is 0.166 e. The van der Waals surface area contributed by atoms with E-state index in [1.165, 1.54) is 0 Å². The molecule has 0 unspecified atom stereocenters. The lowest BCUT2D eigenvalue weighted by Crippen LogP contribution is -2.35. The van der Waals surface area contributed by atoms with E-state index in [1.54, 1.807) is 6.20 Å². The first kappa shape index (κ1) is 12.0. The molecule has 0 radical (unpaired) electrons. The van der Waals surface area contributed by atoms with Crippen LogP contribution in [0.1, 0.15) is 19.8 Å². The Bertz CT molecular complexity index is 271. The second-order valence-electron chi connectivity index (χ2n) is 3.29. The van der Waals surface area contributed by atoms with E-state index in [2.05, 4.69) is 20.2 Å². The van der Waals surface area contributed by atoms with Crippen LogP contribution in [0.15, 0.2) is 18.7 Å². The number of imidazole rings is 1. The lowest BCUT2D eigenvalue weighted by Gasteiger charge is -2.08. The quantitative estimate of drug-likeness (QED) is 0.564. The molecular formula is C10H18N4S. The summed E-state index contributed by atoms with van der Waals surface area (Å²) in [6, 6.07) is 0. The largest absolute Gasteiger partial charge is 0.363 e. The van der Waals surface area contributed by atoms with Gasteiger partial charge in [0, 0.05) is 32.0 Å². The molecule has 15 heavy (non-hydrogen) atoms. The SMILES string of the molecule is CCNC(=S)NCCCCn1ccnc1. The summed E-state index contributed by atoms with van der Waals surface area (Å²) >= 11 is 5.05. The van der Waals surface area contributed by atoms with Crippen molar-refractivity contribution >= 4 is 17.3 Å². The summed E-state index contributed by atoms with van der Waals surface area (Å²) in [4.78, 5) is 3.99. The van der Waals surface area contributed by atoms with E-state index in [1.807, 2.05) is 19.4 Å². The average molecular weight is 226 g/mol. The summed E-state index contributed by atoms with van der Waals surface area (Å²) in [6.45, 7) is 4.87. The van der Waals surface area contributed by atoms with Crippen LogP contribution >= 0.6 is 12.2 Å². The lowest BCUT2D eigenvalue weighted by atomic mass is 10.3. The zero-order valence-corrected chi connectivity index (χ0v) is 9.89. The number of nitrogens with zero attached hydrogens (tertiary/aromatic N) is 2. The van der Waals surface area contributed by atoms with Crippen molar-refractivity contribution in [3.05, 3.63) is 18.7 Å². The molecule has 2 N–H and O–H groups in total. The van der Waals surface area contributed by atoms with Gasteiger partial charge in [0.05, 0.1) is 6.33 Å². The third-order valence-electron chi connectivity index (χ3n) is 2.03. The fourth-order valence-electron chi connectivity index (χ4n) is 1.26. The Hall–Kier alpha value is -1.10. The van der Waals surface area contributed by atoms with Gasteiger partial charge in [-0.3, -0.25) is 0 Å². The highest BCUT2D eigenvalue weighted by Crippen LogP contribution is 1.93. The summed E-state index contributed by atoms with van der Waals surface area (Å²) in [6.07, 6.45) is 7.88. The third-order valence-corrected chi connectivity index (χ3v) is 2.31. The number of hydrogen-bond donors (Lipinski definition) is 2. The number of nitrogens with one attached hydrogen (secondary N) is 2. The number of unbranched alkanes of at least 4 members (excludes halogenated alkanes) is 1. The molecular weight excluding hydrogens is 208 g/mol. The van der Waals surface area contributed by atoms with Crippen LogP contribution in [0.25, 0.3) is 0 Å². The average Bonchev–Trinajstić information content (AvgIpc) is 2.70. The lowest BCUT2D eigenvalue weighted by molar-refractivity contribution is 0.601. The van der Waals surface area contributed by atoms with Gasteiger partial charge in [-0.2, -0.15) is 0 Å². The van der Waals surface area contributed by atoms with Crippen LogP contribution in [-0.4, -0.2) is 27.8 Å². The van der Waals surface area contributed by atoms with Gasteiger partial charge < -0.3 is 15.2 Å². The van der Waals surface area contributed by atoms with Crippen LogP contribution < -0.4 is 10.6 Å². The predicted molar refractivity (Wildman–Crippen MR) is 65.7 cm³/mol. The Kier molecular flexibility index (Phi) is 5.77. The summed E-state index contributed by atoms with van der Waals surface area (Å²) in [5.41, 5.74) is 0. The van der Waals surface area contributed by atoms with Crippen LogP contribution in [0.2, 0.25) is 0 Å². The Morgan fingerprint density at radius 2 is 2.27 bits per heavy atom. The maximum Gasteiger partial charge on any atom is 0.166 e. The van der Waals surface area contributed by atoms with Crippen molar-refractivity contribution in [2.75, 3.05) is 13.1 Å². The third kappa shape index (κ3) is 5.37. The summed E-state index contributed by atoms with van der Waals surface area (Å²) < 4.78 is 2.09. The Morgan fingerprint density at radius 3 is 2.93 bits per heavy atom. The number of aryl methyl sites for hydroxylation is 1. The molecule has 0 saturated carbocycles. The molecule has 5 heteroatoms. The van der Waals surface area contributed by atoms with Crippen LogP contribution in [0, 0.1) is 0 Å². The van der Waals surface area contributed by atoms with Crippen molar-refractivity contribution in [3.8, 4) is 0 Å². The van der Waals surface area contributed by atoms with E-state index in [9.17, 15) is 0 Å². The van der Waals surface area contributed by atoms with Crippen LogP contribution in [0.4, 0.5) is 0 Å². The van der Waals surface area contributed by atoms with Gasteiger partial charge in [-0.1, -0.05) is 0 Å². The second kappa shape index (κ2) is 7.23. The van der Waals surface area contributed by atoms with Crippen molar-refractivity contribution in [3.63, 3.8) is 0 Å². The molecule has 0 spiro atoms. The Labute approximate surface area is 96.1 Å². The van der Waals surface area contributed by atoms with Crippen molar-refractivity contribution in [2.45, 2.75) is 26.3 Å². The van der Waals surface area contributed by atoms with E-state index in [0.717, 1.165) is 37.6 Å². The highest BCUT2D eigenvalue weighted by molar-refractivity contribution is 7.80. The molecule has 1 rings (SSSR count). The highest BCUT2D eigenvalue weighted by Gasteiger charge is 1.93. The van der Waals surface area contributed by atoms with Gasteiger partial charge >= 0.3 is 0 Å². The van der Waals surface area contributed by atoms with E-state index < -0.39 is 0 Å². The summed E-state index contributed by atoms with van der Waals surface area (Å²) in [5, 5.41) is 6.96. The van der Waals surface area contributed by atoms with Gasteiger partial charge in [0.15, 0.2) is 5.11 Å². The molecule has 0 aromatic carbocycles. The van der Waals surface area contributed by atoms with Crippen molar-refractivity contribution in [1.29, 1.82) is 0 Å². The number of hydrogen-bond acceptors (Lipinski definition) is 2. The molecule has 0 atom stereocenters. The first-order valence-corrected chi connectivity index (χ1v) is 5.71. The normalized spacial score (nSPS) is 9.93. The van der Waals surface area contributed by atoms with Crippen molar-refractivity contribution in [2.24, 2.45) is 0 Å². The maximum absolute atomic E-state index is 5.05. The van der Waals surface area contributed by atoms with Gasteiger partial charge in [0.1, 0.15) is 0 Å². The standard InChI is InChI=1S/C10H18N4S/c1-2-12-10(15)13-5-3-4-7-14-8-6-11-9-14/h6,8-9H,2-5,7H2,1H3,(H2,12,13,15). The number of rotatable bonds is 6. The highest BCUT2D eigenvalue weighted by atomic mass is 32.1. The first-order chi connectivity index (χ1) is 7.33. The molecule has 1 aromatic rings.